The van der Waals surface area contributed by atoms with E-state index < -0.39 is 10.0 Å². The predicted molar refractivity (Wildman–Crippen MR) is 91.7 cm³/mol. The van der Waals surface area contributed by atoms with Gasteiger partial charge in [-0.2, -0.15) is 18.0 Å². The van der Waals surface area contributed by atoms with Crippen molar-refractivity contribution in [1.29, 1.82) is 0 Å². The molecule has 3 aromatic rings. The first-order valence-electron chi connectivity index (χ1n) is 7.27. The van der Waals surface area contributed by atoms with Crippen molar-refractivity contribution < 1.29 is 8.42 Å². The van der Waals surface area contributed by atoms with Gasteiger partial charge in [-0.15, -0.1) is 0 Å². The molecule has 0 spiro atoms. The van der Waals surface area contributed by atoms with E-state index in [1.165, 1.54) is 15.9 Å². The molecule has 23 heavy (non-hydrogen) atoms. The predicted octanol–water partition coefficient (Wildman–Crippen LogP) is 3.08. The Balaban J connectivity index is 2.06. The number of sulfonamides is 1. The van der Waals surface area contributed by atoms with Crippen LogP contribution in [0.2, 0.25) is 0 Å². The van der Waals surface area contributed by atoms with Gasteiger partial charge in [-0.25, -0.2) is 4.98 Å². The van der Waals surface area contributed by atoms with Gasteiger partial charge in [0, 0.05) is 5.69 Å². The molecule has 0 atom stereocenters. The Kier molecular flexibility index (Phi) is 3.89. The van der Waals surface area contributed by atoms with Crippen LogP contribution in [0.5, 0.6) is 0 Å². The van der Waals surface area contributed by atoms with Gasteiger partial charge in [0.05, 0.1) is 5.69 Å². The van der Waals surface area contributed by atoms with Gasteiger partial charge < -0.3 is 0 Å². The SMILES string of the molecule is CCc1nn2c(S(=O)(=O)Nc3ccc(C)c(C)c3)c(C)nc2s1. The molecule has 0 aliphatic carbocycles. The molecule has 2 heterocycles. The monoisotopic (exact) mass is 350 g/mol. The molecule has 0 saturated heterocycles. The molecule has 1 N–H and O–H groups in total. The molecule has 8 heteroatoms. The standard InChI is InChI=1S/C15H18N4O2S2/c1-5-13-17-19-14(11(4)16-15(19)22-13)23(20,21)18-12-7-6-9(2)10(3)8-12/h6-8,18H,5H2,1-4H3. The number of aryl methyl sites for hydroxylation is 4. The average Bonchev–Trinajstić information content (AvgIpc) is 2.98. The van der Waals surface area contributed by atoms with Crippen LogP contribution < -0.4 is 4.72 Å². The van der Waals surface area contributed by atoms with Crippen molar-refractivity contribution in [2.75, 3.05) is 4.72 Å². The Morgan fingerprint density at radius 1 is 1.22 bits per heavy atom. The van der Waals surface area contributed by atoms with Crippen LogP contribution in [0, 0.1) is 20.8 Å². The molecule has 0 saturated carbocycles. The number of rotatable bonds is 4. The second-order valence-electron chi connectivity index (χ2n) is 5.45. The molecule has 0 bridgehead atoms. The fourth-order valence-electron chi connectivity index (χ4n) is 2.33. The normalized spacial score (nSPS) is 12.0. The van der Waals surface area contributed by atoms with E-state index in [0.29, 0.717) is 16.3 Å². The quantitative estimate of drug-likeness (QED) is 0.784. The zero-order valence-electron chi connectivity index (χ0n) is 13.4. The number of fused-ring (bicyclic) bond motifs is 1. The number of benzene rings is 1. The smallest absolute Gasteiger partial charge is 0.278 e. The lowest BCUT2D eigenvalue weighted by molar-refractivity contribution is 0.592. The van der Waals surface area contributed by atoms with Crippen molar-refractivity contribution in [3.8, 4) is 0 Å². The third kappa shape index (κ3) is 2.84. The number of hydrogen-bond acceptors (Lipinski definition) is 5. The highest BCUT2D eigenvalue weighted by Gasteiger charge is 2.25. The molecule has 0 aliphatic rings. The lowest BCUT2D eigenvalue weighted by atomic mass is 10.1. The number of aromatic nitrogens is 3. The van der Waals surface area contributed by atoms with Gasteiger partial charge >= 0.3 is 0 Å². The number of anilines is 1. The number of hydrogen-bond donors (Lipinski definition) is 1. The molecular weight excluding hydrogens is 332 g/mol. The summed E-state index contributed by atoms with van der Waals surface area (Å²) in [6.45, 7) is 7.60. The number of nitrogens with zero attached hydrogens (tertiary/aromatic N) is 3. The van der Waals surface area contributed by atoms with E-state index in [4.69, 9.17) is 0 Å². The first kappa shape index (κ1) is 15.9. The summed E-state index contributed by atoms with van der Waals surface area (Å²) in [5, 5.41) is 5.30. The molecule has 0 fully saturated rings. The molecular formula is C15H18N4O2S2. The van der Waals surface area contributed by atoms with Gasteiger partial charge in [0.25, 0.3) is 10.0 Å². The van der Waals surface area contributed by atoms with Gasteiger partial charge in [-0.05, 0) is 50.5 Å². The van der Waals surface area contributed by atoms with Crippen LogP contribution in [-0.2, 0) is 16.4 Å². The maximum Gasteiger partial charge on any atom is 0.281 e. The Morgan fingerprint density at radius 3 is 2.61 bits per heavy atom. The summed E-state index contributed by atoms with van der Waals surface area (Å²) in [5.41, 5.74) is 3.13. The Bertz CT molecular complexity index is 986. The van der Waals surface area contributed by atoms with E-state index in [0.717, 1.165) is 22.6 Å². The van der Waals surface area contributed by atoms with Crippen LogP contribution in [0.25, 0.3) is 4.96 Å². The summed E-state index contributed by atoms with van der Waals surface area (Å²) in [6.07, 6.45) is 0.747. The first-order chi connectivity index (χ1) is 10.8. The van der Waals surface area contributed by atoms with Gasteiger partial charge in [-0.1, -0.05) is 24.3 Å². The summed E-state index contributed by atoms with van der Waals surface area (Å²) in [4.78, 5) is 4.92. The van der Waals surface area contributed by atoms with Crippen LogP contribution in [-0.4, -0.2) is 23.0 Å². The van der Waals surface area contributed by atoms with Crippen LogP contribution in [0.15, 0.2) is 23.2 Å². The molecule has 0 radical (unpaired) electrons. The van der Waals surface area contributed by atoms with Crippen molar-refractivity contribution in [1.82, 2.24) is 14.6 Å². The third-order valence-electron chi connectivity index (χ3n) is 3.68. The highest BCUT2D eigenvalue weighted by molar-refractivity contribution is 7.92. The molecule has 2 aromatic heterocycles. The van der Waals surface area contributed by atoms with Gasteiger partial charge in [-0.3, -0.25) is 4.72 Å². The van der Waals surface area contributed by atoms with Crippen LogP contribution >= 0.6 is 11.3 Å². The minimum atomic E-state index is -3.76. The molecule has 0 unspecified atom stereocenters. The first-order valence-corrected chi connectivity index (χ1v) is 9.57. The maximum absolute atomic E-state index is 12.8. The Morgan fingerprint density at radius 2 is 1.96 bits per heavy atom. The van der Waals surface area contributed by atoms with E-state index in [9.17, 15) is 8.42 Å². The van der Waals surface area contributed by atoms with Crippen molar-refractivity contribution in [2.24, 2.45) is 0 Å². The number of imidazole rings is 1. The summed E-state index contributed by atoms with van der Waals surface area (Å²) < 4.78 is 29.6. The molecule has 3 rings (SSSR count). The molecule has 1 aromatic carbocycles. The second kappa shape index (κ2) is 5.61. The highest BCUT2D eigenvalue weighted by atomic mass is 32.2. The minimum Gasteiger partial charge on any atom is -0.278 e. The molecule has 0 amide bonds. The van der Waals surface area contributed by atoms with Gasteiger partial charge in [0.15, 0.2) is 0 Å². The average molecular weight is 350 g/mol. The minimum absolute atomic E-state index is 0.0988. The fraction of sp³-hybridized carbons (Fsp3) is 0.333. The molecule has 6 nitrogen and oxygen atoms in total. The number of nitrogens with one attached hydrogen (secondary N) is 1. The van der Waals surface area contributed by atoms with Crippen LogP contribution in [0.4, 0.5) is 5.69 Å². The van der Waals surface area contributed by atoms with E-state index in [1.807, 2.05) is 32.9 Å². The van der Waals surface area contributed by atoms with E-state index in [-0.39, 0.29) is 5.03 Å². The highest BCUT2D eigenvalue weighted by Crippen LogP contribution is 2.25. The van der Waals surface area contributed by atoms with Gasteiger partial charge in [0.2, 0.25) is 9.99 Å². The van der Waals surface area contributed by atoms with Gasteiger partial charge in [0.1, 0.15) is 5.01 Å². The lowest BCUT2D eigenvalue weighted by Gasteiger charge is -2.09. The van der Waals surface area contributed by atoms with Crippen molar-refractivity contribution in [2.45, 2.75) is 39.1 Å². The van der Waals surface area contributed by atoms with Crippen molar-refractivity contribution >= 4 is 32.0 Å². The van der Waals surface area contributed by atoms with Crippen molar-refractivity contribution in [3.63, 3.8) is 0 Å². The molecule has 0 aliphatic heterocycles. The summed E-state index contributed by atoms with van der Waals surface area (Å²) in [7, 11) is -3.76. The maximum atomic E-state index is 12.8. The van der Waals surface area contributed by atoms with E-state index >= 15 is 0 Å². The molecule has 122 valence electrons. The largest absolute Gasteiger partial charge is 0.281 e. The fourth-order valence-corrected chi connectivity index (χ4v) is 4.59. The zero-order valence-corrected chi connectivity index (χ0v) is 15.0. The summed E-state index contributed by atoms with van der Waals surface area (Å²) >= 11 is 1.41. The van der Waals surface area contributed by atoms with Crippen molar-refractivity contribution in [3.05, 3.63) is 40.0 Å². The Hall–Kier alpha value is -1.93. The van der Waals surface area contributed by atoms with Crippen LogP contribution in [0.3, 0.4) is 0 Å². The summed E-state index contributed by atoms with van der Waals surface area (Å²) in [5.74, 6) is 0. The Labute approximate surface area is 139 Å². The summed E-state index contributed by atoms with van der Waals surface area (Å²) in [6, 6.07) is 5.47. The zero-order chi connectivity index (χ0) is 16.8. The van der Waals surface area contributed by atoms with E-state index in [2.05, 4.69) is 14.8 Å². The lowest BCUT2D eigenvalue weighted by Crippen LogP contribution is -2.17. The second-order valence-corrected chi connectivity index (χ2v) is 8.09. The van der Waals surface area contributed by atoms with E-state index in [1.54, 1.807) is 13.0 Å². The topological polar surface area (TPSA) is 76.4 Å². The third-order valence-corrected chi connectivity index (χ3v) is 6.22. The van der Waals surface area contributed by atoms with Crippen LogP contribution in [0.1, 0.15) is 28.8 Å².